The molecule has 0 aromatic heterocycles. The fraction of sp³-hybridized carbons (Fsp3) is 0.133. The Labute approximate surface area is 121 Å². The van der Waals surface area contributed by atoms with Crippen LogP contribution >= 0.6 is 15.9 Å². The van der Waals surface area contributed by atoms with Crippen molar-refractivity contribution in [3.63, 3.8) is 0 Å². The zero-order valence-corrected chi connectivity index (χ0v) is 12.4. The van der Waals surface area contributed by atoms with Gasteiger partial charge in [0.05, 0.1) is 0 Å². The van der Waals surface area contributed by atoms with Gasteiger partial charge in [-0.2, -0.15) is 0 Å². The Bertz CT molecular complexity index is 579. The van der Waals surface area contributed by atoms with Crippen LogP contribution in [0, 0.1) is 0 Å². The molecule has 0 fully saturated rings. The number of nitrogens with zero attached hydrogens (tertiary/aromatic N) is 1. The van der Waals surface area contributed by atoms with Gasteiger partial charge in [-0.1, -0.05) is 22.0 Å². The van der Waals surface area contributed by atoms with Crippen molar-refractivity contribution in [2.75, 3.05) is 24.3 Å². The summed E-state index contributed by atoms with van der Waals surface area (Å²) in [6, 6.07) is 15.0. The Morgan fingerprint density at radius 2 is 1.79 bits per heavy atom. The molecule has 0 aliphatic heterocycles. The first-order valence-electron chi connectivity index (χ1n) is 5.90. The van der Waals surface area contributed by atoms with E-state index in [0.717, 1.165) is 15.8 Å². The Morgan fingerprint density at radius 1 is 1.11 bits per heavy atom. The normalized spacial score (nSPS) is 10.1. The van der Waals surface area contributed by atoms with Gasteiger partial charge in [0.2, 0.25) is 0 Å². The molecular formula is C15H15BrN2O. The average Bonchev–Trinajstić information content (AvgIpc) is 2.39. The minimum Gasteiger partial charge on any atom is -0.378 e. The number of rotatable bonds is 3. The van der Waals surface area contributed by atoms with Crippen LogP contribution in [0.4, 0.5) is 11.4 Å². The third-order valence-corrected chi connectivity index (χ3v) is 3.22. The summed E-state index contributed by atoms with van der Waals surface area (Å²) in [5, 5.41) is 2.87. The molecule has 2 aromatic rings. The first-order chi connectivity index (χ1) is 9.06. The van der Waals surface area contributed by atoms with Crippen LogP contribution < -0.4 is 10.2 Å². The third-order valence-electron chi connectivity index (χ3n) is 2.73. The molecule has 4 heteroatoms. The van der Waals surface area contributed by atoms with Crippen LogP contribution in [-0.4, -0.2) is 20.0 Å². The number of nitrogens with one attached hydrogen (secondary N) is 1. The fourth-order valence-corrected chi connectivity index (χ4v) is 2.08. The molecule has 2 rings (SSSR count). The van der Waals surface area contributed by atoms with E-state index in [-0.39, 0.29) is 5.91 Å². The summed E-state index contributed by atoms with van der Waals surface area (Å²) in [7, 11) is 3.94. The van der Waals surface area contributed by atoms with E-state index < -0.39 is 0 Å². The van der Waals surface area contributed by atoms with Crippen molar-refractivity contribution in [3.05, 3.63) is 58.6 Å². The quantitative estimate of drug-likeness (QED) is 0.934. The molecular weight excluding hydrogens is 304 g/mol. The zero-order valence-electron chi connectivity index (χ0n) is 10.9. The summed E-state index contributed by atoms with van der Waals surface area (Å²) in [6.45, 7) is 0. The SMILES string of the molecule is CN(C)c1ccc(C(=O)Nc2cccc(Br)c2)cc1. The van der Waals surface area contributed by atoms with Gasteiger partial charge in [0.1, 0.15) is 0 Å². The Kier molecular flexibility index (Phi) is 4.22. The van der Waals surface area contributed by atoms with Gasteiger partial charge < -0.3 is 10.2 Å². The Hall–Kier alpha value is -1.81. The van der Waals surface area contributed by atoms with Crippen molar-refractivity contribution in [1.29, 1.82) is 0 Å². The number of hydrogen-bond donors (Lipinski definition) is 1. The topological polar surface area (TPSA) is 32.3 Å². The van der Waals surface area contributed by atoms with Crippen molar-refractivity contribution >= 4 is 33.2 Å². The number of amides is 1. The Balaban J connectivity index is 2.11. The van der Waals surface area contributed by atoms with Crippen LogP contribution in [0.3, 0.4) is 0 Å². The molecule has 98 valence electrons. The van der Waals surface area contributed by atoms with E-state index in [4.69, 9.17) is 0 Å². The van der Waals surface area contributed by atoms with Crippen molar-refractivity contribution in [1.82, 2.24) is 0 Å². The second-order valence-corrected chi connectivity index (χ2v) is 5.32. The average molecular weight is 319 g/mol. The number of halogens is 1. The minimum atomic E-state index is -0.108. The van der Waals surface area contributed by atoms with Crippen molar-refractivity contribution < 1.29 is 4.79 Å². The lowest BCUT2D eigenvalue weighted by molar-refractivity contribution is 0.102. The van der Waals surface area contributed by atoms with Gasteiger partial charge in [0, 0.05) is 35.5 Å². The smallest absolute Gasteiger partial charge is 0.255 e. The Morgan fingerprint density at radius 3 is 2.37 bits per heavy atom. The van der Waals surface area contributed by atoms with Gasteiger partial charge in [0.25, 0.3) is 5.91 Å². The van der Waals surface area contributed by atoms with Crippen LogP contribution in [0.15, 0.2) is 53.0 Å². The molecule has 19 heavy (non-hydrogen) atoms. The molecule has 0 spiro atoms. The molecule has 0 bridgehead atoms. The molecule has 0 radical (unpaired) electrons. The zero-order chi connectivity index (χ0) is 13.8. The maximum absolute atomic E-state index is 12.1. The van der Waals surface area contributed by atoms with Gasteiger partial charge >= 0.3 is 0 Å². The molecule has 0 unspecified atom stereocenters. The first kappa shape index (κ1) is 13.6. The molecule has 3 nitrogen and oxygen atoms in total. The van der Waals surface area contributed by atoms with E-state index >= 15 is 0 Å². The largest absolute Gasteiger partial charge is 0.378 e. The van der Waals surface area contributed by atoms with Gasteiger partial charge in [-0.15, -0.1) is 0 Å². The molecule has 0 aliphatic carbocycles. The highest BCUT2D eigenvalue weighted by Crippen LogP contribution is 2.17. The standard InChI is InChI=1S/C15H15BrN2O/c1-18(2)14-8-6-11(7-9-14)15(19)17-13-5-3-4-12(16)10-13/h3-10H,1-2H3,(H,17,19). The third kappa shape index (κ3) is 3.58. The molecule has 2 aromatic carbocycles. The molecule has 0 saturated carbocycles. The van der Waals surface area contributed by atoms with Gasteiger partial charge in [-0.05, 0) is 42.5 Å². The first-order valence-corrected chi connectivity index (χ1v) is 6.70. The monoisotopic (exact) mass is 318 g/mol. The number of anilines is 2. The highest BCUT2D eigenvalue weighted by atomic mass is 79.9. The van der Waals surface area contributed by atoms with Crippen LogP contribution in [0.1, 0.15) is 10.4 Å². The molecule has 0 atom stereocenters. The summed E-state index contributed by atoms with van der Waals surface area (Å²) in [6.07, 6.45) is 0. The molecule has 0 aliphatic rings. The van der Waals surface area contributed by atoms with Gasteiger partial charge in [-0.25, -0.2) is 0 Å². The van der Waals surface area contributed by atoms with E-state index in [0.29, 0.717) is 5.56 Å². The van der Waals surface area contributed by atoms with E-state index in [1.54, 1.807) is 0 Å². The van der Waals surface area contributed by atoms with Crippen LogP contribution in [0.25, 0.3) is 0 Å². The number of hydrogen-bond acceptors (Lipinski definition) is 2. The predicted octanol–water partition coefficient (Wildman–Crippen LogP) is 3.77. The summed E-state index contributed by atoms with van der Waals surface area (Å²) in [5.74, 6) is -0.108. The van der Waals surface area contributed by atoms with Crippen LogP contribution in [-0.2, 0) is 0 Å². The van der Waals surface area contributed by atoms with E-state index in [1.807, 2.05) is 67.5 Å². The second kappa shape index (κ2) is 5.89. The molecule has 0 heterocycles. The number of carbonyl (C=O) groups is 1. The molecule has 1 amide bonds. The van der Waals surface area contributed by atoms with Crippen LogP contribution in [0.5, 0.6) is 0 Å². The van der Waals surface area contributed by atoms with Gasteiger partial charge in [-0.3, -0.25) is 4.79 Å². The fourth-order valence-electron chi connectivity index (χ4n) is 1.68. The number of carbonyl (C=O) groups excluding carboxylic acids is 1. The minimum absolute atomic E-state index is 0.108. The second-order valence-electron chi connectivity index (χ2n) is 4.41. The lowest BCUT2D eigenvalue weighted by Crippen LogP contribution is -2.13. The molecule has 1 N–H and O–H groups in total. The van der Waals surface area contributed by atoms with Crippen molar-refractivity contribution in [2.45, 2.75) is 0 Å². The maximum atomic E-state index is 12.1. The van der Waals surface area contributed by atoms with Gasteiger partial charge in [0.15, 0.2) is 0 Å². The maximum Gasteiger partial charge on any atom is 0.255 e. The van der Waals surface area contributed by atoms with E-state index in [1.165, 1.54) is 0 Å². The lowest BCUT2D eigenvalue weighted by Gasteiger charge is -2.12. The highest BCUT2D eigenvalue weighted by Gasteiger charge is 2.06. The van der Waals surface area contributed by atoms with Crippen LogP contribution in [0.2, 0.25) is 0 Å². The summed E-state index contributed by atoms with van der Waals surface area (Å²) >= 11 is 3.38. The summed E-state index contributed by atoms with van der Waals surface area (Å²) in [4.78, 5) is 14.1. The number of benzene rings is 2. The lowest BCUT2D eigenvalue weighted by atomic mass is 10.2. The molecule has 0 saturated heterocycles. The van der Waals surface area contributed by atoms with Crippen molar-refractivity contribution in [3.8, 4) is 0 Å². The van der Waals surface area contributed by atoms with E-state index in [2.05, 4.69) is 21.2 Å². The van der Waals surface area contributed by atoms with E-state index in [9.17, 15) is 4.79 Å². The van der Waals surface area contributed by atoms with Crippen molar-refractivity contribution in [2.24, 2.45) is 0 Å². The summed E-state index contributed by atoms with van der Waals surface area (Å²) < 4.78 is 0.938. The summed E-state index contributed by atoms with van der Waals surface area (Å²) in [5.41, 5.74) is 2.49. The predicted molar refractivity (Wildman–Crippen MR) is 82.9 cm³/mol. The highest BCUT2D eigenvalue weighted by molar-refractivity contribution is 9.10.